The van der Waals surface area contributed by atoms with Gasteiger partial charge in [-0.3, -0.25) is 4.79 Å². The maximum atomic E-state index is 12.4. The molecule has 6 heteroatoms. The van der Waals surface area contributed by atoms with Gasteiger partial charge < -0.3 is 9.64 Å². The van der Waals surface area contributed by atoms with Gasteiger partial charge in [-0.2, -0.15) is 0 Å². The van der Waals surface area contributed by atoms with E-state index in [9.17, 15) is 4.79 Å². The first-order chi connectivity index (χ1) is 10.4. The number of fused-ring (bicyclic) bond motifs is 1. The maximum absolute atomic E-state index is 12.4. The molecule has 0 aliphatic carbocycles. The number of ether oxygens (including phenoxy) is 1. The molecule has 22 heavy (non-hydrogen) atoms. The normalized spacial score (nSPS) is 11.2. The molecule has 0 atom stereocenters. The summed E-state index contributed by atoms with van der Waals surface area (Å²) < 4.78 is 6.57. The van der Waals surface area contributed by atoms with E-state index in [1.807, 2.05) is 45.9 Å². The first kappa shape index (κ1) is 16.7. The molecule has 0 N–H and O–H groups in total. The summed E-state index contributed by atoms with van der Waals surface area (Å²) in [6.45, 7) is 7.95. The van der Waals surface area contributed by atoms with Crippen LogP contribution in [0.15, 0.2) is 29.0 Å². The Morgan fingerprint density at radius 1 is 1.23 bits per heavy atom. The second-order valence-electron chi connectivity index (χ2n) is 5.62. The quantitative estimate of drug-likeness (QED) is 0.814. The number of halogens is 1. The molecule has 0 unspecified atom stereocenters. The average molecular weight is 366 g/mol. The van der Waals surface area contributed by atoms with Gasteiger partial charge in [-0.05, 0) is 45.9 Å². The molecule has 0 aliphatic rings. The third kappa shape index (κ3) is 3.74. The highest BCUT2D eigenvalue weighted by molar-refractivity contribution is 9.10. The third-order valence-corrected chi connectivity index (χ3v) is 3.79. The first-order valence-corrected chi connectivity index (χ1v) is 8.03. The van der Waals surface area contributed by atoms with Gasteiger partial charge in [-0.25, -0.2) is 9.97 Å². The fourth-order valence-electron chi connectivity index (χ4n) is 2.50. The molecule has 0 bridgehead atoms. The van der Waals surface area contributed by atoms with Gasteiger partial charge in [-0.1, -0.05) is 15.9 Å². The van der Waals surface area contributed by atoms with Crippen LogP contribution in [-0.2, 0) is 4.79 Å². The molecule has 1 aromatic carbocycles. The van der Waals surface area contributed by atoms with Gasteiger partial charge in [0.25, 0.3) is 5.91 Å². The van der Waals surface area contributed by atoms with Crippen molar-refractivity contribution in [2.45, 2.75) is 39.8 Å². The monoisotopic (exact) mass is 365 g/mol. The van der Waals surface area contributed by atoms with Crippen LogP contribution in [-0.4, -0.2) is 39.5 Å². The van der Waals surface area contributed by atoms with Gasteiger partial charge >= 0.3 is 0 Å². The van der Waals surface area contributed by atoms with E-state index < -0.39 is 0 Å². The lowest BCUT2D eigenvalue weighted by molar-refractivity contribution is -0.137. The molecule has 2 aromatic rings. The van der Waals surface area contributed by atoms with Crippen LogP contribution in [0.1, 0.15) is 27.7 Å². The Kier molecular flexibility index (Phi) is 5.34. The third-order valence-electron chi connectivity index (χ3n) is 3.29. The number of carbonyl (C=O) groups is 1. The van der Waals surface area contributed by atoms with Gasteiger partial charge in [0.1, 0.15) is 6.33 Å². The molecule has 118 valence electrons. The number of hydrogen-bond acceptors (Lipinski definition) is 4. The second kappa shape index (κ2) is 7.05. The Labute approximate surface area is 138 Å². The standard InChI is InChI=1S/C16H20BrN3O2/c1-10(2)20(11(3)4)15(21)8-22-16-13-7-12(17)5-6-14(13)18-9-19-16/h5-7,9-11H,8H2,1-4H3. The van der Waals surface area contributed by atoms with E-state index >= 15 is 0 Å². The molecule has 0 fully saturated rings. The van der Waals surface area contributed by atoms with Crippen molar-refractivity contribution in [2.75, 3.05) is 6.61 Å². The molecule has 0 saturated carbocycles. The molecule has 1 heterocycles. The van der Waals surface area contributed by atoms with E-state index in [-0.39, 0.29) is 24.6 Å². The zero-order chi connectivity index (χ0) is 16.3. The predicted molar refractivity (Wildman–Crippen MR) is 89.9 cm³/mol. The van der Waals surface area contributed by atoms with Crippen molar-refractivity contribution < 1.29 is 9.53 Å². The highest BCUT2D eigenvalue weighted by atomic mass is 79.9. The van der Waals surface area contributed by atoms with E-state index in [2.05, 4.69) is 25.9 Å². The Morgan fingerprint density at radius 3 is 2.55 bits per heavy atom. The van der Waals surface area contributed by atoms with Crippen LogP contribution >= 0.6 is 15.9 Å². The Hall–Kier alpha value is -1.69. The Balaban J connectivity index is 2.18. The van der Waals surface area contributed by atoms with E-state index in [1.165, 1.54) is 6.33 Å². The van der Waals surface area contributed by atoms with Crippen LogP contribution in [0.4, 0.5) is 0 Å². The van der Waals surface area contributed by atoms with E-state index in [0.29, 0.717) is 5.88 Å². The van der Waals surface area contributed by atoms with Crippen molar-refractivity contribution in [1.82, 2.24) is 14.9 Å². The van der Waals surface area contributed by atoms with Crippen molar-refractivity contribution >= 4 is 32.7 Å². The highest BCUT2D eigenvalue weighted by Gasteiger charge is 2.21. The van der Waals surface area contributed by atoms with E-state index in [4.69, 9.17) is 4.74 Å². The molecule has 1 aromatic heterocycles. The van der Waals surface area contributed by atoms with E-state index in [1.54, 1.807) is 4.90 Å². The molecular formula is C16H20BrN3O2. The highest BCUT2D eigenvalue weighted by Crippen LogP contribution is 2.25. The molecular weight excluding hydrogens is 346 g/mol. The van der Waals surface area contributed by atoms with E-state index in [0.717, 1.165) is 15.4 Å². The molecule has 0 spiro atoms. The minimum Gasteiger partial charge on any atom is -0.467 e. The lowest BCUT2D eigenvalue weighted by Crippen LogP contribution is -2.44. The lowest BCUT2D eigenvalue weighted by atomic mass is 10.2. The summed E-state index contributed by atoms with van der Waals surface area (Å²) in [5.74, 6) is 0.374. The summed E-state index contributed by atoms with van der Waals surface area (Å²) in [4.78, 5) is 22.5. The molecule has 0 aliphatic heterocycles. The molecule has 0 saturated heterocycles. The van der Waals surface area contributed by atoms with Crippen LogP contribution in [0.5, 0.6) is 5.88 Å². The summed E-state index contributed by atoms with van der Waals surface area (Å²) in [5, 5.41) is 0.783. The Bertz CT molecular complexity index is 665. The first-order valence-electron chi connectivity index (χ1n) is 7.24. The predicted octanol–water partition coefficient (Wildman–Crippen LogP) is 3.42. The number of nitrogens with zero attached hydrogens (tertiary/aromatic N) is 3. The number of hydrogen-bond donors (Lipinski definition) is 0. The second-order valence-corrected chi connectivity index (χ2v) is 6.53. The zero-order valence-electron chi connectivity index (χ0n) is 13.2. The number of amides is 1. The van der Waals surface area contributed by atoms with Gasteiger partial charge in [0.15, 0.2) is 6.61 Å². The minimum atomic E-state index is -0.0493. The van der Waals surface area contributed by atoms with Gasteiger partial charge in [-0.15, -0.1) is 0 Å². The van der Waals surface area contributed by atoms with Crippen LogP contribution in [0.3, 0.4) is 0 Å². The van der Waals surface area contributed by atoms with Crippen molar-refractivity contribution in [2.24, 2.45) is 0 Å². The summed E-state index contributed by atoms with van der Waals surface area (Å²) in [5.41, 5.74) is 0.783. The fraction of sp³-hybridized carbons (Fsp3) is 0.438. The van der Waals surface area contributed by atoms with Crippen molar-refractivity contribution in [3.8, 4) is 5.88 Å². The number of carbonyl (C=O) groups excluding carboxylic acids is 1. The fourth-order valence-corrected chi connectivity index (χ4v) is 2.86. The molecule has 2 rings (SSSR count). The zero-order valence-corrected chi connectivity index (χ0v) is 14.8. The van der Waals surface area contributed by atoms with Crippen molar-refractivity contribution in [1.29, 1.82) is 0 Å². The summed E-state index contributed by atoms with van der Waals surface area (Å²) in [7, 11) is 0. The van der Waals surface area contributed by atoms with Crippen molar-refractivity contribution in [3.63, 3.8) is 0 Å². The largest absolute Gasteiger partial charge is 0.467 e. The van der Waals surface area contributed by atoms with Crippen LogP contribution < -0.4 is 4.74 Å². The minimum absolute atomic E-state index is 0.0328. The number of aromatic nitrogens is 2. The Morgan fingerprint density at radius 2 is 1.91 bits per heavy atom. The summed E-state index contributed by atoms with van der Waals surface area (Å²) >= 11 is 3.42. The topological polar surface area (TPSA) is 55.3 Å². The smallest absolute Gasteiger partial charge is 0.261 e. The SMILES string of the molecule is CC(C)N(C(=O)COc1ncnc2ccc(Br)cc12)C(C)C. The van der Waals surface area contributed by atoms with Gasteiger partial charge in [0.05, 0.1) is 10.9 Å². The molecule has 1 amide bonds. The molecule has 5 nitrogen and oxygen atoms in total. The maximum Gasteiger partial charge on any atom is 0.261 e. The molecule has 0 radical (unpaired) electrons. The van der Waals surface area contributed by atoms with Crippen LogP contribution in [0, 0.1) is 0 Å². The van der Waals surface area contributed by atoms with Gasteiger partial charge in [0.2, 0.25) is 5.88 Å². The number of rotatable bonds is 5. The van der Waals surface area contributed by atoms with Crippen LogP contribution in [0.2, 0.25) is 0 Å². The van der Waals surface area contributed by atoms with Crippen LogP contribution in [0.25, 0.3) is 10.9 Å². The average Bonchev–Trinajstić information content (AvgIpc) is 2.44. The summed E-state index contributed by atoms with van der Waals surface area (Å²) in [6, 6.07) is 5.94. The van der Waals surface area contributed by atoms with Gasteiger partial charge in [0, 0.05) is 16.6 Å². The summed E-state index contributed by atoms with van der Waals surface area (Å²) in [6.07, 6.45) is 1.44. The lowest BCUT2D eigenvalue weighted by Gasteiger charge is -2.30. The van der Waals surface area contributed by atoms with Crippen molar-refractivity contribution in [3.05, 3.63) is 29.0 Å². The number of benzene rings is 1.